The largest absolute Gasteiger partial charge is 0.336 e. The van der Waals surface area contributed by atoms with E-state index in [9.17, 15) is 4.79 Å². The van der Waals surface area contributed by atoms with Crippen molar-refractivity contribution >= 4 is 22.9 Å². The first-order chi connectivity index (χ1) is 11.3. The molecule has 1 fully saturated rings. The zero-order valence-electron chi connectivity index (χ0n) is 12.8. The number of amides is 1. The van der Waals surface area contributed by atoms with Gasteiger partial charge in [-0.2, -0.15) is 11.3 Å². The molecule has 0 aromatic carbocycles. The van der Waals surface area contributed by atoms with Gasteiger partial charge in [-0.05, 0) is 23.6 Å². The van der Waals surface area contributed by atoms with Crippen LogP contribution in [0.2, 0.25) is 0 Å². The third kappa shape index (κ3) is 2.87. The molecule has 3 aromatic rings. The number of thiophene rings is 1. The number of piperazine rings is 1. The second kappa shape index (κ2) is 6.14. The fraction of sp³-hybridized carbons (Fsp3) is 0.294. The van der Waals surface area contributed by atoms with Gasteiger partial charge >= 0.3 is 0 Å². The van der Waals surface area contributed by atoms with Crippen LogP contribution in [0, 0.1) is 0 Å². The number of imidazole rings is 1. The minimum atomic E-state index is 0.153. The van der Waals surface area contributed by atoms with Gasteiger partial charge in [0, 0.05) is 44.3 Å². The normalized spacial score (nSPS) is 16.1. The highest BCUT2D eigenvalue weighted by molar-refractivity contribution is 7.08. The summed E-state index contributed by atoms with van der Waals surface area (Å²) >= 11 is 1.57. The van der Waals surface area contributed by atoms with Gasteiger partial charge in [0.05, 0.1) is 17.5 Å². The molecule has 1 saturated heterocycles. The molecule has 0 spiro atoms. The summed E-state index contributed by atoms with van der Waals surface area (Å²) in [5.74, 6) is 0.153. The predicted octanol–water partition coefficient (Wildman–Crippen LogP) is 2.35. The lowest BCUT2D eigenvalue weighted by Gasteiger charge is -2.34. The van der Waals surface area contributed by atoms with Crippen LogP contribution in [0.1, 0.15) is 16.1 Å². The minimum absolute atomic E-state index is 0.153. The fourth-order valence-electron chi connectivity index (χ4n) is 3.01. The molecule has 0 unspecified atom stereocenters. The Bertz CT molecular complexity index is 803. The number of rotatable bonds is 3. The molecule has 1 amide bonds. The molecule has 4 heterocycles. The molecule has 1 aliphatic heterocycles. The molecule has 0 atom stereocenters. The van der Waals surface area contributed by atoms with Crippen molar-refractivity contribution in [3.05, 3.63) is 58.7 Å². The molecule has 1 aliphatic rings. The van der Waals surface area contributed by atoms with E-state index in [1.54, 1.807) is 11.3 Å². The number of nitrogens with zero attached hydrogens (tertiary/aromatic N) is 4. The summed E-state index contributed by atoms with van der Waals surface area (Å²) in [6, 6.07) is 7.94. The quantitative estimate of drug-likeness (QED) is 0.742. The van der Waals surface area contributed by atoms with Crippen molar-refractivity contribution in [1.29, 1.82) is 0 Å². The van der Waals surface area contributed by atoms with Crippen LogP contribution < -0.4 is 0 Å². The van der Waals surface area contributed by atoms with E-state index in [2.05, 4.69) is 14.3 Å². The Morgan fingerprint density at radius 2 is 2.04 bits per heavy atom. The molecule has 4 rings (SSSR count). The molecule has 0 aliphatic carbocycles. The van der Waals surface area contributed by atoms with Crippen LogP contribution in [0.3, 0.4) is 0 Å². The zero-order valence-corrected chi connectivity index (χ0v) is 13.6. The van der Waals surface area contributed by atoms with Crippen LogP contribution in [0.5, 0.6) is 0 Å². The van der Waals surface area contributed by atoms with Crippen LogP contribution in [-0.2, 0) is 6.54 Å². The number of hydrogen-bond acceptors (Lipinski definition) is 4. The lowest BCUT2D eigenvalue weighted by Crippen LogP contribution is -2.48. The molecule has 0 bridgehead atoms. The number of pyridine rings is 1. The molecule has 3 aromatic heterocycles. The molecule has 6 heteroatoms. The Balaban J connectivity index is 1.39. The Morgan fingerprint density at radius 3 is 2.83 bits per heavy atom. The molecule has 118 valence electrons. The number of aromatic nitrogens is 2. The van der Waals surface area contributed by atoms with E-state index in [0.717, 1.165) is 43.9 Å². The maximum atomic E-state index is 12.4. The number of hydrogen-bond donors (Lipinski definition) is 0. The molecule has 0 saturated carbocycles. The van der Waals surface area contributed by atoms with E-state index in [-0.39, 0.29) is 5.91 Å². The predicted molar refractivity (Wildman–Crippen MR) is 90.7 cm³/mol. The van der Waals surface area contributed by atoms with E-state index in [1.807, 2.05) is 52.3 Å². The molecule has 0 N–H and O–H groups in total. The van der Waals surface area contributed by atoms with Gasteiger partial charge in [-0.1, -0.05) is 6.07 Å². The smallest absolute Gasteiger partial charge is 0.254 e. The van der Waals surface area contributed by atoms with E-state index in [1.165, 1.54) is 5.69 Å². The van der Waals surface area contributed by atoms with Gasteiger partial charge in [0.2, 0.25) is 0 Å². The fourth-order valence-corrected chi connectivity index (χ4v) is 3.64. The lowest BCUT2D eigenvalue weighted by atomic mass is 10.2. The third-order valence-electron chi connectivity index (χ3n) is 4.31. The summed E-state index contributed by atoms with van der Waals surface area (Å²) < 4.78 is 2.13. The summed E-state index contributed by atoms with van der Waals surface area (Å²) in [6.45, 7) is 4.23. The molecule has 23 heavy (non-hydrogen) atoms. The first-order valence-corrected chi connectivity index (χ1v) is 8.70. The molecular weight excluding hydrogens is 308 g/mol. The van der Waals surface area contributed by atoms with Crippen LogP contribution in [-0.4, -0.2) is 51.3 Å². The lowest BCUT2D eigenvalue weighted by molar-refractivity contribution is 0.0627. The van der Waals surface area contributed by atoms with Gasteiger partial charge in [0.1, 0.15) is 5.65 Å². The van der Waals surface area contributed by atoms with Gasteiger partial charge in [0.25, 0.3) is 5.91 Å². The number of carbonyl (C=O) groups excluding carboxylic acids is 1. The van der Waals surface area contributed by atoms with E-state index in [4.69, 9.17) is 0 Å². The van der Waals surface area contributed by atoms with E-state index < -0.39 is 0 Å². The first kappa shape index (κ1) is 14.4. The minimum Gasteiger partial charge on any atom is -0.336 e. The number of fused-ring (bicyclic) bond motifs is 1. The third-order valence-corrected chi connectivity index (χ3v) is 4.99. The van der Waals surface area contributed by atoms with Gasteiger partial charge in [-0.3, -0.25) is 9.69 Å². The number of carbonyl (C=O) groups is 1. The van der Waals surface area contributed by atoms with Crippen molar-refractivity contribution in [3.8, 4) is 0 Å². The maximum absolute atomic E-state index is 12.4. The average molecular weight is 326 g/mol. The van der Waals surface area contributed by atoms with Crippen LogP contribution in [0.4, 0.5) is 0 Å². The van der Waals surface area contributed by atoms with Crippen LogP contribution in [0.25, 0.3) is 5.65 Å². The van der Waals surface area contributed by atoms with Crippen LogP contribution in [0.15, 0.2) is 47.4 Å². The van der Waals surface area contributed by atoms with Gasteiger partial charge in [-0.15, -0.1) is 0 Å². The van der Waals surface area contributed by atoms with E-state index >= 15 is 0 Å². The average Bonchev–Trinajstić information content (AvgIpc) is 3.25. The van der Waals surface area contributed by atoms with Crippen molar-refractivity contribution < 1.29 is 4.79 Å². The Labute approximate surface area is 138 Å². The van der Waals surface area contributed by atoms with Gasteiger partial charge in [0.15, 0.2) is 0 Å². The van der Waals surface area contributed by atoms with Crippen molar-refractivity contribution in [1.82, 2.24) is 19.2 Å². The highest BCUT2D eigenvalue weighted by atomic mass is 32.1. The van der Waals surface area contributed by atoms with Crippen molar-refractivity contribution in [2.24, 2.45) is 0 Å². The zero-order chi connectivity index (χ0) is 15.6. The first-order valence-electron chi connectivity index (χ1n) is 7.76. The SMILES string of the molecule is O=C(c1ccsc1)N1CCN(Cc2cnc3ccccn23)CC1. The molecule has 0 radical (unpaired) electrons. The highest BCUT2D eigenvalue weighted by Gasteiger charge is 2.22. The Morgan fingerprint density at radius 1 is 1.17 bits per heavy atom. The topological polar surface area (TPSA) is 40.9 Å². The summed E-state index contributed by atoms with van der Waals surface area (Å²) in [7, 11) is 0. The summed E-state index contributed by atoms with van der Waals surface area (Å²) in [5, 5.41) is 3.88. The van der Waals surface area contributed by atoms with Gasteiger partial charge in [-0.25, -0.2) is 4.98 Å². The maximum Gasteiger partial charge on any atom is 0.254 e. The van der Waals surface area contributed by atoms with Crippen molar-refractivity contribution in [3.63, 3.8) is 0 Å². The second-order valence-corrected chi connectivity index (χ2v) is 6.54. The van der Waals surface area contributed by atoms with Gasteiger partial charge < -0.3 is 9.30 Å². The summed E-state index contributed by atoms with van der Waals surface area (Å²) in [5.41, 5.74) is 2.98. The monoisotopic (exact) mass is 326 g/mol. The molecule has 5 nitrogen and oxygen atoms in total. The van der Waals surface area contributed by atoms with Crippen molar-refractivity contribution in [2.75, 3.05) is 26.2 Å². The van der Waals surface area contributed by atoms with E-state index in [0.29, 0.717) is 0 Å². The highest BCUT2D eigenvalue weighted by Crippen LogP contribution is 2.14. The standard InChI is InChI=1S/C17H18N4OS/c22-17(14-4-10-23-13-14)20-8-6-19(7-9-20)12-15-11-18-16-3-1-2-5-21(15)16/h1-5,10-11,13H,6-9,12H2. The van der Waals surface area contributed by atoms with Crippen molar-refractivity contribution in [2.45, 2.75) is 6.54 Å². The Hall–Kier alpha value is -2.18. The summed E-state index contributed by atoms with van der Waals surface area (Å²) in [6.07, 6.45) is 3.99. The Kier molecular flexibility index (Phi) is 3.85. The molecular formula is C17H18N4OS. The van der Waals surface area contributed by atoms with Crippen LogP contribution >= 0.6 is 11.3 Å². The second-order valence-electron chi connectivity index (χ2n) is 5.76. The summed E-state index contributed by atoms with van der Waals surface area (Å²) in [4.78, 5) is 21.1.